The molecule has 2 aliphatic rings. The third-order valence-electron chi connectivity index (χ3n) is 4.31. The molecule has 1 aromatic carbocycles. The summed E-state index contributed by atoms with van der Waals surface area (Å²) in [5.41, 5.74) is 2.24. The molecule has 1 aliphatic carbocycles. The molecule has 1 atom stereocenters. The van der Waals surface area contributed by atoms with Gasteiger partial charge in [0.05, 0.1) is 7.11 Å². The number of nitrogens with one attached hydrogen (secondary N) is 1. The van der Waals surface area contributed by atoms with Crippen LogP contribution >= 0.6 is 11.8 Å². The highest BCUT2D eigenvalue weighted by atomic mass is 32.2. The number of benzene rings is 1. The lowest BCUT2D eigenvalue weighted by atomic mass is 10.0. The fourth-order valence-electron chi connectivity index (χ4n) is 2.95. The number of ether oxygens (including phenoxy) is 1. The normalized spacial score (nSPS) is 20.6. The van der Waals surface area contributed by atoms with Crippen LogP contribution in [0.2, 0.25) is 0 Å². The maximum atomic E-state index is 12.9. The van der Waals surface area contributed by atoms with E-state index in [1.54, 1.807) is 24.8 Å². The molecule has 0 fully saturated rings. The number of nitrogens with zero attached hydrogens (tertiary/aromatic N) is 1. The fraction of sp³-hybridized carbons (Fsp3) is 0.286. The maximum absolute atomic E-state index is 12.9. The van der Waals surface area contributed by atoms with Crippen LogP contribution in [-0.2, 0) is 9.59 Å². The van der Waals surface area contributed by atoms with Crippen molar-refractivity contribution in [3.63, 3.8) is 0 Å². The van der Waals surface area contributed by atoms with Crippen molar-refractivity contribution in [2.24, 2.45) is 0 Å². The molecule has 0 radical (unpaired) electrons. The van der Waals surface area contributed by atoms with Gasteiger partial charge in [0.15, 0.2) is 0 Å². The number of carbonyl (C=O) groups excluding carboxylic acids is 2. The van der Waals surface area contributed by atoms with Crippen molar-refractivity contribution in [1.29, 1.82) is 0 Å². The second kappa shape index (κ2) is 7.96. The molecule has 0 saturated heterocycles. The van der Waals surface area contributed by atoms with E-state index in [9.17, 15) is 9.59 Å². The molecule has 0 saturated carbocycles. The number of carbonyl (C=O) groups is 2. The van der Waals surface area contributed by atoms with Crippen molar-refractivity contribution < 1.29 is 18.9 Å². The number of amides is 2. The molecule has 1 heterocycles. The lowest BCUT2D eigenvalue weighted by Crippen LogP contribution is -2.38. The maximum Gasteiger partial charge on any atom is 0.425 e. The minimum atomic E-state index is -0.131. The Kier molecular flexibility index (Phi) is 5.65. The van der Waals surface area contributed by atoms with Crippen molar-refractivity contribution >= 4 is 35.4 Å². The molecular formula is C21H23N2O3S+. The average Bonchev–Trinajstić information content (AvgIpc) is 2.65. The third kappa shape index (κ3) is 4.06. The van der Waals surface area contributed by atoms with Gasteiger partial charge in [-0.1, -0.05) is 42.1 Å². The Morgan fingerprint density at radius 2 is 2.07 bits per heavy atom. The SMILES string of the molecule is COc1ccccc1/C=C1/SC2C=CC(C(=O)NC(C)C)=CC2=[N+](C)C1=O. The lowest BCUT2D eigenvalue weighted by molar-refractivity contribution is -0.413. The average molecular weight is 383 g/mol. The van der Waals surface area contributed by atoms with Crippen LogP contribution in [0.15, 0.2) is 53.0 Å². The van der Waals surface area contributed by atoms with E-state index in [4.69, 9.17) is 4.74 Å². The molecule has 0 aromatic heterocycles. The molecule has 1 N–H and O–H groups in total. The van der Waals surface area contributed by atoms with E-state index < -0.39 is 0 Å². The largest absolute Gasteiger partial charge is 0.496 e. The van der Waals surface area contributed by atoms with Gasteiger partial charge in [-0.25, -0.2) is 4.79 Å². The Balaban J connectivity index is 1.94. The van der Waals surface area contributed by atoms with Gasteiger partial charge in [0.2, 0.25) is 5.71 Å². The van der Waals surface area contributed by atoms with Gasteiger partial charge < -0.3 is 10.1 Å². The zero-order valence-corrected chi connectivity index (χ0v) is 16.7. The molecule has 1 aromatic rings. The van der Waals surface area contributed by atoms with E-state index in [0.29, 0.717) is 10.5 Å². The van der Waals surface area contributed by atoms with Crippen LogP contribution in [-0.4, -0.2) is 47.6 Å². The van der Waals surface area contributed by atoms with E-state index in [-0.39, 0.29) is 23.1 Å². The predicted octanol–water partition coefficient (Wildman–Crippen LogP) is 2.78. The van der Waals surface area contributed by atoms with Crippen molar-refractivity contribution in [3.8, 4) is 5.75 Å². The molecule has 1 unspecified atom stereocenters. The van der Waals surface area contributed by atoms with E-state index in [2.05, 4.69) is 5.32 Å². The highest BCUT2D eigenvalue weighted by Crippen LogP contribution is 2.34. The summed E-state index contributed by atoms with van der Waals surface area (Å²) >= 11 is 1.48. The van der Waals surface area contributed by atoms with E-state index in [0.717, 1.165) is 17.0 Å². The number of para-hydroxylation sites is 1. The summed E-state index contributed by atoms with van der Waals surface area (Å²) in [4.78, 5) is 25.8. The zero-order chi connectivity index (χ0) is 19.6. The molecule has 140 valence electrons. The van der Waals surface area contributed by atoms with Crippen LogP contribution in [0.1, 0.15) is 19.4 Å². The summed E-state index contributed by atoms with van der Waals surface area (Å²) in [7, 11) is 3.36. The zero-order valence-electron chi connectivity index (χ0n) is 15.9. The smallest absolute Gasteiger partial charge is 0.425 e. The van der Waals surface area contributed by atoms with Crippen LogP contribution < -0.4 is 10.1 Å². The number of methoxy groups -OCH3 is 1. The standard InChI is InChI=1S/C21H22N2O3S/c1-13(2)22-20(24)15-9-10-18-16(11-15)23(3)21(25)19(27-18)12-14-7-5-6-8-17(14)26-4/h5-13,18H,1-4H3/p+1/b19-12+. The Morgan fingerprint density at radius 1 is 1.33 bits per heavy atom. The van der Waals surface area contributed by atoms with Gasteiger partial charge in [0, 0.05) is 23.3 Å². The van der Waals surface area contributed by atoms with Crippen molar-refractivity contribution in [3.05, 3.63) is 58.5 Å². The monoisotopic (exact) mass is 383 g/mol. The van der Waals surface area contributed by atoms with Crippen LogP contribution in [0.3, 0.4) is 0 Å². The van der Waals surface area contributed by atoms with E-state index >= 15 is 0 Å². The molecule has 6 heteroatoms. The first-order valence-corrected chi connectivity index (χ1v) is 9.65. The van der Waals surface area contributed by atoms with Crippen LogP contribution in [0.4, 0.5) is 0 Å². The quantitative estimate of drug-likeness (QED) is 0.642. The van der Waals surface area contributed by atoms with Gasteiger partial charge in [0.25, 0.3) is 5.91 Å². The molecular weight excluding hydrogens is 360 g/mol. The molecule has 27 heavy (non-hydrogen) atoms. The summed E-state index contributed by atoms with van der Waals surface area (Å²) < 4.78 is 7.00. The molecule has 2 amide bonds. The summed E-state index contributed by atoms with van der Waals surface area (Å²) in [6.07, 6.45) is 7.45. The van der Waals surface area contributed by atoms with Gasteiger partial charge in [-0.05, 0) is 26.0 Å². The third-order valence-corrected chi connectivity index (χ3v) is 5.51. The number of allylic oxidation sites excluding steroid dienone is 1. The highest BCUT2D eigenvalue weighted by molar-refractivity contribution is 8.05. The van der Waals surface area contributed by atoms with Crippen LogP contribution in [0.25, 0.3) is 6.08 Å². The van der Waals surface area contributed by atoms with Crippen LogP contribution in [0, 0.1) is 0 Å². The second-order valence-corrected chi connectivity index (χ2v) is 7.85. The fourth-order valence-corrected chi connectivity index (χ4v) is 4.16. The highest BCUT2D eigenvalue weighted by Gasteiger charge is 2.38. The molecule has 0 bridgehead atoms. The molecule has 3 rings (SSSR count). The Bertz CT molecular complexity index is 910. The first-order valence-electron chi connectivity index (χ1n) is 8.77. The van der Waals surface area contributed by atoms with E-state index in [1.165, 1.54) is 11.8 Å². The summed E-state index contributed by atoms with van der Waals surface area (Å²) in [6, 6.07) is 7.66. The van der Waals surface area contributed by atoms with Gasteiger partial charge in [-0.15, -0.1) is 0 Å². The first-order chi connectivity index (χ1) is 12.9. The Morgan fingerprint density at radius 3 is 2.78 bits per heavy atom. The number of thioether (sulfide) groups is 1. The van der Waals surface area contributed by atoms with E-state index in [1.807, 2.05) is 56.3 Å². The van der Waals surface area contributed by atoms with Gasteiger partial charge in [-0.2, -0.15) is 4.58 Å². The summed E-state index contributed by atoms with van der Waals surface area (Å²) in [5, 5.41) is 2.87. The lowest BCUT2D eigenvalue weighted by Gasteiger charge is -2.21. The van der Waals surface area contributed by atoms with Crippen LogP contribution in [0.5, 0.6) is 5.75 Å². The first kappa shape index (κ1) is 19.2. The number of fused-ring (bicyclic) bond motifs is 1. The Labute approximate surface area is 163 Å². The number of rotatable bonds is 4. The number of hydrogen-bond acceptors (Lipinski definition) is 4. The topological polar surface area (TPSA) is 58.4 Å². The van der Waals surface area contributed by atoms with Gasteiger partial charge >= 0.3 is 5.91 Å². The molecule has 5 nitrogen and oxygen atoms in total. The van der Waals surface area contributed by atoms with Crippen molar-refractivity contribution in [1.82, 2.24) is 5.32 Å². The van der Waals surface area contributed by atoms with Gasteiger partial charge in [-0.3, -0.25) is 4.79 Å². The minimum Gasteiger partial charge on any atom is -0.496 e. The number of hydrogen-bond donors (Lipinski definition) is 1. The number of likely N-dealkylation sites (N-methyl/N-ethyl adjacent to an activating group) is 1. The Hall–Kier alpha value is -2.60. The second-order valence-electron chi connectivity index (χ2n) is 6.66. The van der Waals surface area contributed by atoms with Crippen molar-refractivity contribution in [2.45, 2.75) is 25.1 Å². The van der Waals surface area contributed by atoms with Gasteiger partial charge in [0.1, 0.15) is 23.0 Å². The van der Waals surface area contributed by atoms with Crippen molar-refractivity contribution in [2.75, 3.05) is 14.2 Å². The predicted molar refractivity (Wildman–Crippen MR) is 109 cm³/mol. The summed E-state index contributed by atoms with van der Waals surface area (Å²) in [6.45, 7) is 3.84. The summed E-state index contributed by atoms with van der Waals surface area (Å²) in [5.74, 6) is 0.503. The minimum absolute atomic E-state index is 0.00995. The molecule has 0 spiro atoms. The molecule has 1 aliphatic heterocycles.